The highest BCUT2D eigenvalue weighted by Crippen LogP contribution is 2.25. The van der Waals surface area contributed by atoms with E-state index in [4.69, 9.17) is 5.73 Å². The summed E-state index contributed by atoms with van der Waals surface area (Å²) >= 11 is 0. The molecule has 0 radical (unpaired) electrons. The summed E-state index contributed by atoms with van der Waals surface area (Å²) in [5.41, 5.74) is 10.9. The molecule has 0 atom stereocenters. The van der Waals surface area contributed by atoms with Crippen molar-refractivity contribution in [3.63, 3.8) is 0 Å². The van der Waals surface area contributed by atoms with Crippen LogP contribution in [0.25, 0.3) is 0 Å². The molecule has 0 saturated heterocycles. The van der Waals surface area contributed by atoms with E-state index < -0.39 is 0 Å². The molecule has 1 aliphatic carbocycles. The fourth-order valence-electron chi connectivity index (χ4n) is 2.71. The van der Waals surface area contributed by atoms with Crippen LogP contribution in [0.5, 0.6) is 0 Å². The molecule has 1 aromatic rings. The highest BCUT2D eigenvalue weighted by atomic mass is 15.1. The smallest absolute Gasteiger partial charge is 0.0314 e. The molecular formula is C17H20N2. The van der Waals surface area contributed by atoms with Crippen molar-refractivity contribution in [1.29, 1.82) is 0 Å². The van der Waals surface area contributed by atoms with E-state index in [1.165, 1.54) is 16.7 Å². The van der Waals surface area contributed by atoms with Gasteiger partial charge in [0.1, 0.15) is 0 Å². The first kappa shape index (κ1) is 12.2. The summed E-state index contributed by atoms with van der Waals surface area (Å²) in [4.78, 5) is 2.50. The Kier molecular flexibility index (Phi) is 3.51. The molecule has 1 aromatic carbocycles. The van der Waals surface area contributed by atoms with Crippen LogP contribution in [0.4, 0.5) is 5.69 Å². The van der Waals surface area contributed by atoms with Gasteiger partial charge in [0.2, 0.25) is 0 Å². The van der Waals surface area contributed by atoms with E-state index in [1.54, 1.807) is 0 Å². The third-order valence-corrected chi connectivity index (χ3v) is 3.86. The van der Waals surface area contributed by atoms with Crippen LogP contribution in [0.15, 0.2) is 59.7 Å². The Bertz CT molecular complexity index is 535. The van der Waals surface area contributed by atoms with E-state index in [0.29, 0.717) is 0 Å². The van der Waals surface area contributed by atoms with Gasteiger partial charge in [-0.15, -0.1) is 0 Å². The summed E-state index contributed by atoms with van der Waals surface area (Å²) in [7, 11) is 0. The maximum atomic E-state index is 5.73. The molecule has 1 heterocycles. The minimum atomic E-state index is 0.837. The van der Waals surface area contributed by atoms with E-state index in [9.17, 15) is 0 Å². The number of nitrogens with two attached hydrogens (primary N) is 1. The van der Waals surface area contributed by atoms with Crippen molar-refractivity contribution in [3.8, 4) is 0 Å². The number of allylic oxidation sites excluding steroid dienone is 4. The van der Waals surface area contributed by atoms with Gasteiger partial charge in [0, 0.05) is 25.3 Å². The molecule has 1 aliphatic heterocycles. The summed E-state index contributed by atoms with van der Waals surface area (Å²) in [6.07, 6.45) is 11.3. The van der Waals surface area contributed by atoms with E-state index in [-0.39, 0.29) is 0 Å². The molecule has 2 N–H and O–H groups in total. The van der Waals surface area contributed by atoms with Gasteiger partial charge in [-0.1, -0.05) is 36.4 Å². The first-order valence-electron chi connectivity index (χ1n) is 6.93. The van der Waals surface area contributed by atoms with Gasteiger partial charge >= 0.3 is 0 Å². The maximum Gasteiger partial charge on any atom is 0.0314 e. The van der Waals surface area contributed by atoms with Crippen LogP contribution in [0, 0.1) is 0 Å². The molecule has 3 rings (SSSR count). The quantitative estimate of drug-likeness (QED) is 0.818. The largest absolute Gasteiger partial charge is 0.399 e. The zero-order valence-corrected chi connectivity index (χ0v) is 11.2. The molecular weight excluding hydrogens is 232 g/mol. The fourth-order valence-corrected chi connectivity index (χ4v) is 2.71. The van der Waals surface area contributed by atoms with Crippen molar-refractivity contribution in [2.75, 3.05) is 18.8 Å². The average Bonchev–Trinajstić information content (AvgIpc) is 2.64. The minimum absolute atomic E-state index is 0.837. The second kappa shape index (κ2) is 5.45. The normalized spacial score (nSPS) is 19.4. The predicted octanol–water partition coefficient (Wildman–Crippen LogP) is 3.29. The Balaban J connectivity index is 1.68. The molecule has 0 fully saturated rings. The summed E-state index contributed by atoms with van der Waals surface area (Å²) in [5, 5.41) is 0. The molecule has 2 nitrogen and oxygen atoms in total. The van der Waals surface area contributed by atoms with Crippen molar-refractivity contribution < 1.29 is 0 Å². The van der Waals surface area contributed by atoms with Crippen LogP contribution < -0.4 is 5.73 Å². The summed E-state index contributed by atoms with van der Waals surface area (Å²) < 4.78 is 0. The zero-order chi connectivity index (χ0) is 13.1. The molecule has 2 aliphatic rings. The Morgan fingerprint density at radius 2 is 1.95 bits per heavy atom. The van der Waals surface area contributed by atoms with Crippen LogP contribution in [0.2, 0.25) is 0 Å². The predicted molar refractivity (Wildman–Crippen MR) is 80.7 cm³/mol. The third-order valence-electron chi connectivity index (χ3n) is 3.86. The molecule has 0 saturated carbocycles. The van der Waals surface area contributed by atoms with E-state index in [0.717, 1.165) is 38.2 Å². The number of nitrogens with zero attached hydrogens (tertiary/aromatic N) is 1. The van der Waals surface area contributed by atoms with Crippen molar-refractivity contribution in [1.82, 2.24) is 4.90 Å². The molecule has 98 valence electrons. The second-order valence-electron chi connectivity index (χ2n) is 5.28. The Labute approximate surface area is 114 Å². The molecule has 0 aromatic heterocycles. The summed E-state index contributed by atoms with van der Waals surface area (Å²) in [5.74, 6) is 0. The number of fused-ring (bicyclic) bond motifs is 1. The van der Waals surface area contributed by atoms with Crippen LogP contribution >= 0.6 is 0 Å². The Morgan fingerprint density at radius 3 is 2.79 bits per heavy atom. The van der Waals surface area contributed by atoms with Crippen LogP contribution in [0.1, 0.15) is 18.4 Å². The number of hydrogen-bond donors (Lipinski definition) is 1. The molecule has 0 unspecified atom stereocenters. The standard InChI is InChI=1S/C17H20N2/c18-17-7-5-14(6-8-17)13-19-11-9-15-3-1-2-4-16(15)10-12-19/h1-3,5-8,10H,4,9,11-13,18H2. The number of benzene rings is 1. The van der Waals surface area contributed by atoms with Gasteiger partial charge in [0.15, 0.2) is 0 Å². The molecule has 0 amide bonds. The van der Waals surface area contributed by atoms with Crippen LogP contribution in [-0.2, 0) is 6.54 Å². The van der Waals surface area contributed by atoms with E-state index >= 15 is 0 Å². The molecule has 19 heavy (non-hydrogen) atoms. The lowest BCUT2D eigenvalue weighted by atomic mass is 9.96. The van der Waals surface area contributed by atoms with E-state index in [1.807, 2.05) is 12.1 Å². The lowest BCUT2D eigenvalue weighted by Gasteiger charge is -2.19. The van der Waals surface area contributed by atoms with Gasteiger partial charge in [-0.3, -0.25) is 4.90 Å². The lowest BCUT2D eigenvalue weighted by molar-refractivity contribution is 0.302. The van der Waals surface area contributed by atoms with Crippen LogP contribution in [0.3, 0.4) is 0 Å². The molecule has 0 bridgehead atoms. The number of nitrogen functional groups attached to an aromatic ring is 1. The van der Waals surface area contributed by atoms with Crippen molar-refractivity contribution >= 4 is 5.69 Å². The Hall–Kier alpha value is -1.80. The lowest BCUT2D eigenvalue weighted by Crippen LogP contribution is -2.23. The zero-order valence-electron chi connectivity index (χ0n) is 11.2. The average molecular weight is 252 g/mol. The minimum Gasteiger partial charge on any atom is -0.399 e. The highest BCUT2D eigenvalue weighted by molar-refractivity contribution is 5.41. The topological polar surface area (TPSA) is 29.3 Å². The molecule has 2 heteroatoms. The highest BCUT2D eigenvalue weighted by Gasteiger charge is 2.14. The van der Waals surface area contributed by atoms with Gasteiger partial charge in [0.05, 0.1) is 0 Å². The van der Waals surface area contributed by atoms with Gasteiger partial charge in [-0.05, 0) is 41.7 Å². The Morgan fingerprint density at radius 1 is 1.11 bits per heavy atom. The second-order valence-corrected chi connectivity index (χ2v) is 5.28. The maximum absolute atomic E-state index is 5.73. The summed E-state index contributed by atoms with van der Waals surface area (Å²) in [6, 6.07) is 8.22. The van der Waals surface area contributed by atoms with Gasteiger partial charge in [-0.2, -0.15) is 0 Å². The first-order chi connectivity index (χ1) is 9.31. The third kappa shape index (κ3) is 2.96. The molecule has 0 spiro atoms. The number of rotatable bonds is 2. The van der Waals surface area contributed by atoms with Gasteiger partial charge in [0.25, 0.3) is 0 Å². The SMILES string of the molecule is Nc1ccc(CN2CC=C3CC=CC=C3CC2)cc1. The van der Waals surface area contributed by atoms with Crippen molar-refractivity contribution in [3.05, 3.63) is 65.3 Å². The van der Waals surface area contributed by atoms with Crippen molar-refractivity contribution in [2.24, 2.45) is 0 Å². The monoisotopic (exact) mass is 252 g/mol. The van der Waals surface area contributed by atoms with Crippen molar-refractivity contribution in [2.45, 2.75) is 19.4 Å². The fraction of sp³-hybridized carbons (Fsp3) is 0.294. The first-order valence-corrected chi connectivity index (χ1v) is 6.93. The van der Waals surface area contributed by atoms with E-state index in [2.05, 4.69) is 41.3 Å². The number of anilines is 1. The van der Waals surface area contributed by atoms with Crippen LogP contribution in [-0.4, -0.2) is 18.0 Å². The van der Waals surface area contributed by atoms with Gasteiger partial charge in [-0.25, -0.2) is 0 Å². The van der Waals surface area contributed by atoms with Gasteiger partial charge < -0.3 is 5.73 Å². The summed E-state index contributed by atoms with van der Waals surface area (Å²) in [6.45, 7) is 3.18. The number of hydrogen-bond acceptors (Lipinski definition) is 2.